The second-order valence-corrected chi connectivity index (χ2v) is 3.69. The van der Waals surface area contributed by atoms with E-state index in [0.29, 0.717) is 6.07 Å². The summed E-state index contributed by atoms with van der Waals surface area (Å²) < 4.78 is 26.9. The molecule has 5 nitrogen and oxygen atoms in total. The molecule has 1 N–H and O–H groups in total. The molecule has 98 valence electrons. The van der Waals surface area contributed by atoms with Gasteiger partial charge in [0.2, 0.25) is 5.91 Å². The minimum Gasteiger partial charge on any atom is -0.322 e. The monoisotopic (exact) mass is 265 g/mol. The average molecular weight is 265 g/mol. The highest BCUT2D eigenvalue weighted by Crippen LogP contribution is 2.14. The van der Waals surface area contributed by atoms with Crippen molar-refractivity contribution >= 4 is 11.6 Å². The van der Waals surface area contributed by atoms with Gasteiger partial charge in [-0.15, -0.1) is 0 Å². The molecule has 0 atom stereocenters. The lowest BCUT2D eigenvalue weighted by atomic mass is 10.3. The minimum absolute atomic E-state index is 0.157. The van der Waals surface area contributed by atoms with Crippen LogP contribution in [0.25, 0.3) is 0 Å². The summed E-state index contributed by atoms with van der Waals surface area (Å²) in [6, 6.07) is 5.47. The second kappa shape index (κ2) is 5.38. The lowest BCUT2D eigenvalue weighted by Crippen LogP contribution is -2.28. The molecule has 1 heterocycles. The molecule has 0 bridgehead atoms. The average Bonchev–Trinajstić information content (AvgIpc) is 2.36. The SMILES string of the molecule is O=C(Cn1ncccc1=O)Nc1ccc(F)cc1F. The van der Waals surface area contributed by atoms with Gasteiger partial charge in [0.05, 0.1) is 5.69 Å². The van der Waals surface area contributed by atoms with Gasteiger partial charge in [-0.05, 0) is 18.2 Å². The third-order valence-electron chi connectivity index (χ3n) is 2.28. The minimum atomic E-state index is -0.887. The van der Waals surface area contributed by atoms with E-state index in [-0.39, 0.29) is 12.2 Å². The predicted molar refractivity (Wildman–Crippen MR) is 63.5 cm³/mol. The number of hydrogen-bond acceptors (Lipinski definition) is 3. The van der Waals surface area contributed by atoms with E-state index in [4.69, 9.17) is 0 Å². The van der Waals surface area contributed by atoms with Crippen molar-refractivity contribution < 1.29 is 13.6 Å². The van der Waals surface area contributed by atoms with Crippen molar-refractivity contribution in [3.8, 4) is 0 Å². The van der Waals surface area contributed by atoms with Gasteiger partial charge in [-0.3, -0.25) is 9.59 Å². The maximum Gasteiger partial charge on any atom is 0.267 e. The van der Waals surface area contributed by atoms with E-state index in [2.05, 4.69) is 10.4 Å². The van der Waals surface area contributed by atoms with Gasteiger partial charge in [-0.2, -0.15) is 5.10 Å². The van der Waals surface area contributed by atoms with Gasteiger partial charge in [-0.1, -0.05) is 0 Å². The molecule has 0 unspecified atom stereocenters. The second-order valence-electron chi connectivity index (χ2n) is 3.69. The topological polar surface area (TPSA) is 64.0 Å². The third-order valence-corrected chi connectivity index (χ3v) is 2.28. The summed E-state index contributed by atoms with van der Waals surface area (Å²) in [6.45, 7) is -0.351. The molecule has 2 aromatic rings. The van der Waals surface area contributed by atoms with Gasteiger partial charge in [0.25, 0.3) is 5.56 Å². The lowest BCUT2D eigenvalue weighted by Gasteiger charge is -2.07. The summed E-state index contributed by atoms with van der Waals surface area (Å²) in [5, 5.41) is 5.92. The van der Waals surface area contributed by atoms with Crippen LogP contribution in [0.4, 0.5) is 14.5 Å². The molecule has 7 heteroatoms. The smallest absolute Gasteiger partial charge is 0.267 e. The molecular weight excluding hydrogens is 256 g/mol. The van der Waals surface area contributed by atoms with Crippen molar-refractivity contribution in [2.24, 2.45) is 0 Å². The Morgan fingerprint density at radius 1 is 1.32 bits per heavy atom. The van der Waals surface area contributed by atoms with Gasteiger partial charge in [-0.25, -0.2) is 13.5 Å². The molecular formula is C12H9F2N3O2. The first-order valence-electron chi connectivity index (χ1n) is 5.33. The van der Waals surface area contributed by atoms with Gasteiger partial charge in [0.1, 0.15) is 18.2 Å². The number of hydrogen-bond donors (Lipinski definition) is 1. The van der Waals surface area contributed by atoms with E-state index in [0.717, 1.165) is 16.8 Å². The number of carbonyl (C=O) groups excluding carboxylic acids is 1. The molecule has 0 aliphatic carbocycles. The first-order chi connectivity index (χ1) is 9.06. The summed E-state index contributed by atoms with van der Waals surface area (Å²) in [5.41, 5.74) is -0.604. The molecule has 1 amide bonds. The Labute approximate surface area is 106 Å². The Kier molecular flexibility index (Phi) is 3.65. The Morgan fingerprint density at radius 3 is 2.79 bits per heavy atom. The highest BCUT2D eigenvalue weighted by atomic mass is 19.1. The van der Waals surface area contributed by atoms with Crippen LogP contribution in [0, 0.1) is 11.6 Å². The molecule has 0 saturated carbocycles. The van der Waals surface area contributed by atoms with Crippen LogP contribution in [0.3, 0.4) is 0 Å². The van der Waals surface area contributed by atoms with Crippen molar-refractivity contribution in [3.63, 3.8) is 0 Å². The molecule has 0 fully saturated rings. The zero-order chi connectivity index (χ0) is 13.8. The van der Waals surface area contributed by atoms with Crippen molar-refractivity contribution in [3.05, 3.63) is 58.5 Å². The van der Waals surface area contributed by atoms with E-state index in [1.54, 1.807) is 0 Å². The summed E-state index contributed by atoms with van der Waals surface area (Å²) >= 11 is 0. The first-order valence-corrected chi connectivity index (χ1v) is 5.33. The largest absolute Gasteiger partial charge is 0.322 e. The molecule has 1 aromatic carbocycles. The number of anilines is 1. The zero-order valence-electron chi connectivity index (χ0n) is 9.64. The first kappa shape index (κ1) is 12.9. The van der Waals surface area contributed by atoms with Crippen LogP contribution < -0.4 is 10.9 Å². The van der Waals surface area contributed by atoms with E-state index in [9.17, 15) is 18.4 Å². The van der Waals surface area contributed by atoms with Crippen molar-refractivity contribution in [2.45, 2.75) is 6.54 Å². The normalized spacial score (nSPS) is 10.2. The van der Waals surface area contributed by atoms with Crippen LogP contribution in [0.1, 0.15) is 0 Å². The third kappa shape index (κ3) is 3.21. The van der Waals surface area contributed by atoms with Crippen molar-refractivity contribution in [1.82, 2.24) is 9.78 Å². The molecule has 0 aliphatic heterocycles. The van der Waals surface area contributed by atoms with Crippen LogP contribution in [0.15, 0.2) is 41.3 Å². The number of nitrogens with zero attached hydrogens (tertiary/aromatic N) is 2. The fraction of sp³-hybridized carbons (Fsp3) is 0.0833. The number of rotatable bonds is 3. The molecule has 0 radical (unpaired) electrons. The number of amides is 1. The maximum atomic E-state index is 13.3. The maximum absolute atomic E-state index is 13.3. The molecule has 19 heavy (non-hydrogen) atoms. The molecule has 0 saturated heterocycles. The molecule has 0 spiro atoms. The van der Waals surface area contributed by atoms with Crippen molar-refractivity contribution in [2.75, 3.05) is 5.32 Å². The summed E-state index contributed by atoms with van der Waals surface area (Å²) in [4.78, 5) is 22.9. The van der Waals surface area contributed by atoms with Crippen LogP contribution in [0.2, 0.25) is 0 Å². The Hall–Kier alpha value is -2.57. The van der Waals surface area contributed by atoms with Crippen LogP contribution in [-0.2, 0) is 11.3 Å². The van der Waals surface area contributed by atoms with E-state index < -0.39 is 23.1 Å². The predicted octanol–water partition coefficient (Wildman–Crippen LogP) is 1.16. The number of nitrogens with one attached hydrogen (secondary N) is 1. The quantitative estimate of drug-likeness (QED) is 0.905. The molecule has 0 aliphatic rings. The van der Waals surface area contributed by atoms with Gasteiger partial charge < -0.3 is 5.32 Å². The summed E-state index contributed by atoms with van der Waals surface area (Å²) in [5.74, 6) is -2.26. The summed E-state index contributed by atoms with van der Waals surface area (Å²) in [7, 11) is 0. The van der Waals surface area contributed by atoms with Crippen LogP contribution in [-0.4, -0.2) is 15.7 Å². The van der Waals surface area contributed by atoms with Crippen molar-refractivity contribution in [1.29, 1.82) is 0 Å². The highest BCUT2D eigenvalue weighted by Gasteiger charge is 2.09. The number of benzene rings is 1. The fourth-order valence-electron chi connectivity index (χ4n) is 1.42. The Morgan fingerprint density at radius 2 is 2.11 bits per heavy atom. The number of halogens is 2. The lowest BCUT2D eigenvalue weighted by molar-refractivity contribution is -0.117. The number of aromatic nitrogens is 2. The van der Waals surface area contributed by atoms with E-state index >= 15 is 0 Å². The van der Waals surface area contributed by atoms with Crippen LogP contribution >= 0.6 is 0 Å². The summed E-state index contributed by atoms with van der Waals surface area (Å²) in [6.07, 6.45) is 1.35. The molecule has 1 aromatic heterocycles. The van der Waals surface area contributed by atoms with E-state index in [1.807, 2.05) is 0 Å². The Balaban J connectivity index is 2.10. The van der Waals surface area contributed by atoms with E-state index in [1.165, 1.54) is 18.3 Å². The van der Waals surface area contributed by atoms with Crippen LogP contribution in [0.5, 0.6) is 0 Å². The van der Waals surface area contributed by atoms with Gasteiger partial charge >= 0.3 is 0 Å². The highest BCUT2D eigenvalue weighted by molar-refractivity contribution is 5.90. The van der Waals surface area contributed by atoms with Gasteiger partial charge in [0, 0.05) is 18.3 Å². The Bertz CT molecular complexity index is 670. The standard InChI is InChI=1S/C12H9F2N3O2/c13-8-3-4-10(9(14)6-8)16-11(18)7-17-12(19)2-1-5-15-17/h1-6H,7H2,(H,16,18). The zero-order valence-corrected chi connectivity index (χ0v) is 9.64. The van der Waals surface area contributed by atoms with Gasteiger partial charge in [0.15, 0.2) is 0 Å². The number of carbonyl (C=O) groups is 1. The fourth-order valence-corrected chi connectivity index (χ4v) is 1.42. The molecule has 2 rings (SSSR count).